The highest BCUT2D eigenvalue weighted by atomic mass is 35.5. The fraction of sp³-hybridized carbons (Fsp3) is 0.346. The van der Waals surface area contributed by atoms with Crippen molar-refractivity contribution in [3.05, 3.63) is 64.2 Å². The third-order valence-corrected chi connectivity index (χ3v) is 7.13. The molecule has 3 aliphatic rings. The van der Waals surface area contributed by atoms with Crippen LogP contribution in [0.2, 0.25) is 5.02 Å². The zero-order valence-corrected chi connectivity index (χ0v) is 20.8. The predicted octanol–water partition coefficient (Wildman–Crippen LogP) is 1.50. The van der Waals surface area contributed by atoms with Crippen LogP contribution in [-0.4, -0.2) is 83.0 Å². The fourth-order valence-electron chi connectivity index (χ4n) is 4.91. The van der Waals surface area contributed by atoms with Gasteiger partial charge in [0.1, 0.15) is 6.04 Å². The number of carbonyl (C=O) groups is 5. The molecule has 0 radical (unpaired) electrons. The molecule has 0 aromatic heterocycles. The van der Waals surface area contributed by atoms with Crippen LogP contribution in [0.25, 0.3) is 0 Å². The predicted molar refractivity (Wildman–Crippen MR) is 135 cm³/mol. The molecule has 5 rings (SSSR count). The Labute approximate surface area is 218 Å². The van der Waals surface area contributed by atoms with Gasteiger partial charge in [-0.15, -0.1) is 0 Å². The SMILES string of the molecule is O=C1CCC(N2C(=O)c3ccc(NC(=O)CN4CCN(Cc5ccc(Cl)cc5)CC4)cc3C2=O)C(=O)N1. The van der Waals surface area contributed by atoms with E-state index in [0.717, 1.165) is 37.6 Å². The van der Waals surface area contributed by atoms with Gasteiger partial charge < -0.3 is 5.32 Å². The Bertz CT molecular complexity index is 1270. The maximum Gasteiger partial charge on any atom is 0.262 e. The minimum atomic E-state index is -1.03. The molecule has 0 aliphatic carbocycles. The molecule has 2 N–H and O–H groups in total. The van der Waals surface area contributed by atoms with Crippen molar-refractivity contribution in [2.75, 3.05) is 38.0 Å². The number of rotatable bonds is 6. The van der Waals surface area contributed by atoms with Crippen LogP contribution in [-0.2, 0) is 20.9 Å². The van der Waals surface area contributed by atoms with Crippen LogP contribution >= 0.6 is 11.6 Å². The van der Waals surface area contributed by atoms with Crippen molar-refractivity contribution in [2.24, 2.45) is 0 Å². The third-order valence-electron chi connectivity index (χ3n) is 6.88. The van der Waals surface area contributed by atoms with Crippen LogP contribution in [0.4, 0.5) is 5.69 Å². The van der Waals surface area contributed by atoms with E-state index in [0.29, 0.717) is 10.7 Å². The Hall–Kier alpha value is -3.60. The molecule has 0 saturated carbocycles. The van der Waals surface area contributed by atoms with Gasteiger partial charge in [0.2, 0.25) is 17.7 Å². The lowest BCUT2D eigenvalue weighted by Gasteiger charge is -2.34. The molecule has 2 fully saturated rings. The molecular formula is C26H26ClN5O5. The second kappa shape index (κ2) is 10.4. The van der Waals surface area contributed by atoms with Crippen LogP contribution in [0.1, 0.15) is 39.1 Å². The van der Waals surface area contributed by atoms with E-state index in [1.165, 1.54) is 17.7 Å². The monoisotopic (exact) mass is 523 g/mol. The lowest BCUT2D eigenvalue weighted by Crippen LogP contribution is -2.54. The number of hydrogen-bond acceptors (Lipinski definition) is 7. The number of nitrogens with zero attached hydrogens (tertiary/aromatic N) is 3. The smallest absolute Gasteiger partial charge is 0.262 e. The zero-order valence-electron chi connectivity index (χ0n) is 20.0. The first-order chi connectivity index (χ1) is 17.8. The second-order valence-corrected chi connectivity index (χ2v) is 9.87. The molecule has 0 spiro atoms. The number of piperidine rings is 1. The Morgan fingerprint density at radius 1 is 0.919 bits per heavy atom. The molecule has 1 unspecified atom stereocenters. The maximum absolute atomic E-state index is 13.0. The number of fused-ring (bicyclic) bond motifs is 1. The van der Waals surface area contributed by atoms with E-state index in [1.807, 2.05) is 24.3 Å². The molecule has 0 bridgehead atoms. The summed E-state index contributed by atoms with van der Waals surface area (Å²) in [5.41, 5.74) is 1.89. The van der Waals surface area contributed by atoms with Gasteiger partial charge in [0.25, 0.3) is 11.8 Å². The van der Waals surface area contributed by atoms with Crippen molar-refractivity contribution in [1.29, 1.82) is 0 Å². The average Bonchev–Trinajstić information content (AvgIpc) is 3.11. The zero-order chi connectivity index (χ0) is 26.1. The molecule has 2 saturated heterocycles. The number of anilines is 1. The van der Waals surface area contributed by atoms with Crippen LogP contribution < -0.4 is 10.6 Å². The van der Waals surface area contributed by atoms with Gasteiger partial charge in [0.05, 0.1) is 17.7 Å². The topological polar surface area (TPSA) is 119 Å². The van der Waals surface area contributed by atoms with Gasteiger partial charge in [-0.25, -0.2) is 0 Å². The van der Waals surface area contributed by atoms with Gasteiger partial charge >= 0.3 is 0 Å². The normalized spacial score (nSPS) is 20.7. The molecule has 3 aliphatic heterocycles. The molecule has 2 aromatic carbocycles. The fourth-order valence-corrected chi connectivity index (χ4v) is 5.03. The van der Waals surface area contributed by atoms with E-state index >= 15 is 0 Å². The molecule has 5 amide bonds. The number of imide groups is 2. The number of piperazine rings is 1. The van der Waals surface area contributed by atoms with Gasteiger partial charge in [-0.3, -0.25) is 44.0 Å². The summed E-state index contributed by atoms with van der Waals surface area (Å²) in [6, 6.07) is 11.3. The lowest BCUT2D eigenvalue weighted by molar-refractivity contribution is -0.136. The van der Waals surface area contributed by atoms with Gasteiger partial charge in [-0.2, -0.15) is 0 Å². The van der Waals surface area contributed by atoms with E-state index in [4.69, 9.17) is 11.6 Å². The van der Waals surface area contributed by atoms with E-state index in [-0.39, 0.29) is 36.4 Å². The maximum atomic E-state index is 13.0. The Morgan fingerprint density at radius 3 is 2.30 bits per heavy atom. The van der Waals surface area contributed by atoms with Crippen molar-refractivity contribution in [3.8, 4) is 0 Å². The van der Waals surface area contributed by atoms with Gasteiger partial charge in [-0.1, -0.05) is 23.7 Å². The summed E-state index contributed by atoms with van der Waals surface area (Å²) in [4.78, 5) is 67.4. The third kappa shape index (κ3) is 5.41. The highest BCUT2D eigenvalue weighted by Crippen LogP contribution is 2.29. The summed E-state index contributed by atoms with van der Waals surface area (Å²) in [5, 5.41) is 5.69. The first kappa shape index (κ1) is 25.1. The summed E-state index contributed by atoms with van der Waals surface area (Å²) >= 11 is 5.95. The van der Waals surface area contributed by atoms with Crippen molar-refractivity contribution in [2.45, 2.75) is 25.4 Å². The van der Waals surface area contributed by atoms with Crippen LogP contribution in [0, 0.1) is 0 Å². The van der Waals surface area contributed by atoms with Crippen LogP contribution in [0.3, 0.4) is 0 Å². The lowest BCUT2D eigenvalue weighted by atomic mass is 10.0. The highest BCUT2D eigenvalue weighted by molar-refractivity contribution is 6.30. The first-order valence-electron chi connectivity index (χ1n) is 12.1. The van der Waals surface area contributed by atoms with Crippen molar-refractivity contribution in [3.63, 3.8) is 0 Å². The van der Waals surface area contributed by atoms with Crippen molar-refractivity contribution >= 4 is 46.8 Å². The van der Waals surface area contributed by atoms with Gasteiger partial charge in [0, 0.05) is 49.9 Å². The van der Waals surface area contributed by atoms with Gasteiger partial charge in [-0.05, 0) is 42.3 Å². The highest BCUT2D eigenvalue weighted by Gasteiger charge is 2.44. The number of benzene rings is 2. The van der Waals surface area contributed by atoms with Gasteiger partial charge in [0.15, 0.2) is 0 Å². The second-order valence-electron chi connectivity index (χ2n) is 9.43. The average molecular weight is 524 g/mol. The number of nitrogens with one attached hydrogen (secondary N) is 2. The number of halogens is 1. The summed E-state index contributed by atoms with van der Waals surface area (Å²) < 4.78 is 0. The minimum Gasteiger partial charge on any atom is -0.325 e. The van der Waals surface area contributed by atoms with E-state index in [1.54, 1.807) is 6.07 Å². The molecular weight excluding hydrogens is 498 g/mol. The number of carbonyl (C=O) groups excluding carboxylic acids is 5. The first-order valence-corrected chi connectivity index (χ1v) is 12.5. The van der Waals surface area contributed by atoms with E-state index in [2.05, 4.69) is 20.4 Å². The molecule has 1 atom stereocenters. The Morgan fingerprint density at radius 2 is 1.59 bits per heavy atom. The summed E-state index contributed by atoms with van der Waals surface area (Å²) in [6.45, 7) is 4.21. The quantitative estimate of drug-likeness (QED) is 0.551. The summed E-state index contributed by atoms with van der Waals surface area (Å²) in [7, 11) is 0. The molecule has 10 nitrogen and oxygen atoms in total. The van der Waals surface area contributed by atoms with Crippen LogP contribution in [0.5, 0.6) is 0 Å². The molecule has 3 heterocycles. The molecule has 11 heteroatoms. The van der Waals surface area contributed by atoms with E-state index in [9.17, 15) is 24.0 Å². The van der Waals surface area contributed by atoms with E-state index < -0.39 is 29.7 Å². The number of hydrogen-bond donors (Lipinski definition) is 2. The standard InChI is InChI=1S/C26H26ClN5O5/c27-17-3-1-16(2-4-17)14-30-9-11-31(12-10-30)15-23(34)28-18-5-6-19-20(13-18)26(37)32(25(19)36)21-7-8-22(33)29-24(21)35/h1-6,13,21H,7-12,14-15H2,(H,28,34)(H,29,33,35). The molecule has 192 valence electrons. The Kier molecular flexibility index (Phi) is 7.05. The van der Waals surface area contributed by atoms with Crippen molar-refractivity contribution in [1.82, 2.24) is 20.0 Å². The largest absolute Gasteiger partial charge is 0.325 e. The number of amides is 5. The Balaban J connectivity index is 1.15. The minimum absolute atomic E-state index is 0.0561. The summed E-state index contributed by atoms with van der Waals surface area (Å²) in [6.07, 6.45) is 0.146. The van der Waals surface area contributed by atoms with Crippen molar-refractivity contribution < 1.29 is 24.0 Å². The summed E-state index contributed by atoms with van der Waals surface area (Å²) in [5.74, 6) is -2.49. The molecule has 2 aromatic rings. The molecule has 37 heavy (non-hydrogen) atoms. The van der Waals surface area contributed by atoms with Crippen LogP contribution in [0.15, 0.2) is 42.5 Å².